The van der Waals surface area contributed by atoms with Crippen molar-refractivity contribution in [1.82, 2.24) is 82.7 Å². The molecule has 2 heterocycles. The van der Waals surface area contributed by atoms with Gasteiger partial charge in [0.2, 0.25) is 88.6 Å². The first-order chi connectivity index (χ1) is 62.9. The molecule has 38 nitrogen and oxygen atoms in total. The van der Waals surface area contributed by atoms with Crippen molar-refractivity contribution < 1.29 is 92.0 Å². The number of primary amides is 1. The minimum Gasteiger partial charge on any atom is -0.508 e. The fourth-order valence-electron chi connectivity index (χ4n) is 15.0. The zero-order chi connectivity index (χ0) is 96.4. The quantitative estimate of drug-likeness (QED) is 0.0211. The van der Waals surface area contributed by atoms with Gasteiger partial charge >= 0.3 is 5.97 Å². The summed E-state index contributed by atoms with van der Waals surface area (Å²) in [6, 6.07) is 26.5. The number of fused-ring (bicyclic) bond motifs is 1. The smallest absolute Gasteiger partial charge is 0.305 e. The molecule has 0 bridgehead atoms. The second-order valence-corrected chi connectivity index (χ2v) is 33.9. The Balaban J connectivity index is 1.22. The van der Waals surface area contributed by atoms with E-state index >= 15 is 43.2 Å². The van der Waals surface area contributed by atoms with E-state index in [4.69, 9.17) is 16.9 Å². The van der Waals surface area contributed by atoms with Gasteiger partial charge in [0, 0.05) is 103 Å². The molecule has 15 amide bonds. The second-order valence-electron chi connectivity index (χ2n) is 32.9. The molecule has 0 spiro atoms. The maximum Gasteiger partial charge on any atom is 0.305 e. The highest BCUT2D eigenvalue weighted by Gasteiger charge is 2.42. The van der Waals surface area contributed by atoms with Crippen molar-refractivity contribution in [1.29, 1.82) is 5.41 Å². The largest absolute Gasteiger partial charge is 0.508 e. The number of likely N-dealkylation sites (N-methyl/N-ethyl adjacent to an activating group) is 5. The standard InChI is InChI=1S/C93H119N19O19S/c1-9-10-32-73-90(129)109(5)52-78(117)101-69(48-80(119)120)86(125)107-81(55(2)3)92(131)111(7)74(45-57-25-16-12-17-26-57)87(126)105-70(44-60-35-39-63(114)40-36-60)88(127)108(4)51-77(116)100-68(47-61-49-98-65-30-21-20-29-64(61)65)85(124)104-67(42-59-33-37-62(113)38-34-59)84(123)103-66(31-22-41-97-93(95)96)83(122)106-72(82(121)99-50-76(94)115)53-132-54-79(118)102-71(43-56-23-14-11-15-24-56)89(128)112(8)75(91(130)110(73)6)46-58-27-18-13-19-28-58/h11-21,23-30,33-40,49,55,66-75,81,98,113-114H,9-10,22,31-32,41-48,50-54H2,1-8H3,(H2,94,115)(H,99,121)(H,100,116)(H,101,117)(H,102,118)(H,103,123)(H,104,124)(H,105,126)(H,106,122)(H,107,125)(H,119,120)(H4,95,96,97)/t66-,67-,68-,69-,70-,71-,72-,73-,74-,75-,81?/m0/s1. The first-order valence-electron chi connectivity index (χ1n) is 43.2. The Bertz CT molecular complexity index is 5190. The molecule has 0 radical (unpaired) electrons. The van der Waals surface area contributed by atoms with Crippen LogP contribution in [0.4, 0.5) is 0 Å². The molecule has 6 aromatic carbocycles. The molecule has 706 valence electrons. The van der Waals surface area contributed by atoms with Crippen molar-refractivity contribution in [3.63, 3.8) is 0 Å². The third-order valence-corrected chi connectivity index (χ3v) is 23.4. The van der Waals surface area contributed by atoms with Gasteiger partial charge in [-0.1, -0.05) is 167 Å². The fourth-order valence-corrected chi connectivity index (χ4v) is 15.9. The molecule has 1 saturated heterocycles. The lowest BCUT2D eigenvalue weighted by molar-refractivity contribution is -0.151. The number of thioether (sulfide) groups is 1. The number of benzene rings is 6. The summed E-state index contributed by atoms with van der Waals surface area (Å²) in [6.45, 7) is 2.55. The molecule has 1 unspecified atom stereocenters. The molecule has 8 rings (SSSR count). The fraction of sp³-hybridized carbons (Fsp3) is 0.409. The van der Waals surface area contributed by atoms with Crippen LogP contribution in [0.5, 0.6) is 11.5 Å². The van der Waals surface area contributed by atoms with Crippen molar-refractivity contribution >= 4 is 123 Å². The molecule has 0 saturated carbocycles. The van der Waals surface area contributed by atoms with Gasteiger partial charge in [0.15, 0.2) is 5.96 Å². The van der Waals surface area contributed by atoms with E-state index < -0.39 is 210 Å². The highest BCUT2D eigenvalue weighted by atomic mass is 32.2. The number of aliphatic carboxylic acids is 1. The van der Waals surface area contributed by atoms with E-state index in [0.717, 1.165) is 36.3 Å². The van der Waals surface area contributed by atoms with Crippen LogP contribution in [0.25, 0.3) is 10.9 Å². The number of carbonyl (C=O) groups excluding carboxylic acids is 15. The van der Waals surface area contributed by atoms with Crippen LogP contribution in [0, 0.1) is 11.3 Å². The van der Waals surface area contributed by atoms with Gasteiger partial charge in [0.25, 0.3) is 0 Å². The number of amides is 15. The second kappa shape index (κ2) is 50.5. The predicted molar refractivity (Wildman–Crippen MR) is 492 cm³/mol. The van der Waals surface area contributed by atoms with Gasteiger partial charge in [-0.2, -0.15) is 0 Å². The molecule has 39 heteroatoms. The van der Waals surface area contributed by atoms with Crippen LogP contribution >= 0.6 is 11.8 Å². The van der Waals surface area contributed by atoms with E-state index in [9.17, 15) is 48.9 Å². The minimum atomic E-state index is -1.91. The van der Waals surface area contributed by atoms with E-state index in [-0.39, 0.29) is 75.8 Å². The summed E-state index contributed by atoms with van der Waals surface area (Å²) in [5.74, 6) is -18.1. The topological polar surface area (TPSA) is 562 Å². The van der Waals surface area contributed by atoms with Gasteiger partial charge in [-0.3, -0.25) is 82.1 Å². The molecular weight excluding hydrogens is 1720 g/mol. The van der Waals surface area contributed by atoms with Gasteiger partial charge in [-0.15, -0.1) is 11.8 Å². The number of nitrogens with two attached hydrogens (primary N) is 2. The van der Waals surface area contributed by atoms with E-state index in [1.165, 1.54) is 83.8 Å². The number of unbranched alkanes of at least 4 members (excludes halogenated alkanes) is 1. The van der Waals surface area contributed by atoms with Gasteiger partial charge in [0.1, 0.15) is 78.0 Å². The van der Waals surface area contributed by atoms with Crippen LogP contribution < -0.4 is 64.6 Å². The molecule has 1 aliphatic rings. The molecule has 1 fully saturated rings. The number of hydrogen-bond donors (Lipinski definition) is 17. The number of H-pyrrole nitrogens is 1. The molecule has 132 heavy (non-hydrogen) atoms. The number of guanidine groups is 1. The number of nitrogens with one attached hydrogen (secondary N) is 12. The molecule has 0 aliphatic carbocycles. The number of para-hydroxylation sites is 1. The van der Waals surface area contributed by atoms with Crippen LogP contribution in [0.15, 0.2) is 170 Å². The molecule has 19 N–H and O–H groups in total. The lowest BCUT2D eigenvalue weighted by atomic mass is 9.98. The van der Waals surface area contributed by atoms with Crippen molar-refractivity contribution in [2.75, 3.05) is 72.9 Å². The molecule has 11 atom stereocenters. The molecular formula is C93H119N19O19S. The van der Waals surface area contributed by atoms with Gasteiger partial charge < -0.3 is 109 Å². The normalized spacial score (nSPS) is 21.6. The van der Waals surface area contributed by atoms with E-state index in [0.29, 0.717) is 57.1 Å². The first-order valence-corrected chi connectivity index (χ1v) is 44.4. The number of carboxylic acids is 1. The average molecular weight is 1840 g/mol. The van der Waals surface area contributed by atoms with Crippen molar-refractivity contribution in [3.05, 3.63) is 203 Å². The average Bonchev–Trinajstić information content (AvgIpc) is 1.03. The summed E-state index contributed by atoms with van der Waals surface area (Å²) in [7, 11) is 6.48. The van der Waals surface area contributed by atoms with E-state index in [2.05, 4.69) is 58.2 Å². The highest BCUT2D eigenvalue weighted by molar-refractivity contribution is 8.00. The van der Waals surface area contributed by atoms with Gasteiger partial charge in [-0.25, -0.2) is 0 Å². The van der Waals surface area contributed by atoms with Gasteiger partial charge in [0.05, 0.1) is 31.8 Å². The zero-order valence-corrected chi connectivity index (χ0v) is 75.8. The Labute approximate surface area is 768 Å². The Hall–Kier alpha value is -14.4. The number of carbonyl (C=O) groups is 16. The Morgan fingerprint density at radius 2 is 0.917 bits per heavy atom. The van der Waals surface area contributed by atoms with E-state index in [1.54, 1.807) is 135 Å². The molecule has 1 aromatic heterocycles. The molecule has 7 aromatic rings. The number of rotatable bonds is 25. The summed E-state index contributed by atoms with van der Waals surface area (Å²) in [4.78, 5) is 244. The number of nitrogens with zero attached hydrogens (tertiary/aromatic N) is 5. The number of carboxylic acid groups (broad SMARTS) is 1. The minimum absolute atomic E-state index is 0.00206. The third kappa shape index (κ3) is 31.5. The van der Waals surface area contributed by atoms with Crippen LogP contribution in [0.2, 0.25) is 0 Å². The number of aromatic hydroxyl groups is 2. The van der Waals surface area contributed by atoms with Crippen molar-refractivity contribution in [2.24, 2.45) is 17.4 Å². The Kier molecular flexibility index (Phi) is 39.4. The zero-order valence-electron chi connectivity index (χ0n) is 75.0. The summed E-state index contributed by atoms with van der Waals surface area (Å²) in [6.07, 6.45) is -0.280. The number of aromatic nitrogens is 1. The number of hydrogen-bond acceptors (Lipinski definition) is 20. The van der Waals surface area contributed by atoms with Gasteiger partial charge in [-0.05, 0) is 88.9 Å². The summed E-state index contributed by atoms with van der Waals surface area (Å²) in [5.41, 5.74) is 14.6. The van der Waals surface area contributed by atoms with Crippen molar-refractivity contribution in [3.8, 4) is 11.5 Å². The summed E-state index contributed by atoms with van der Waals surface area (Å²) in [5, 5.41) is 65.9. The number of aromatic amines is 1. The molecule has 1 aliphatic heterocycles. The third-order valence-electron chi connectivity index (χ3n) is 22.3. The Morgan fingerprint density at radius 1 is 0.462 bits per heavy atom. The van der Waals surface area contributed by atoms with Crippen molar-refractivity contribution in [2.45, 2.75) is 164 Å². The maximum atomic E-state index is 15.5. The van der Waals surface area contributed by atoms with Crippen LogP contribution in [-0.2, 0) is 115 Å². The van der Waals surface area contributed by atoms with Crippen LogP contribution in [-0.4, -0.2) is 285 Å². The lowest BCUT2D eigenvalue weighted by Crippen LogP contribution is -2.61. The highest BCUT2D eigenvalue weighted by Crippen LogP contribution is 2.25. The SMILES string of the molecule is CCCC[C@H]1C(=O)N(C)CC(=O)N[C@@H](CC(=O)O)C(=O)NC(C(C)C)C(=O)N(C)[C@@H](Cc2ccccc2)C(=O)N[C@@H](Cc2ccc(O)cc2)C(=O)N(C)CC(=O)N[C@@H](Cc2c[nH]c3ccccc23)C(=O)N[C@@H](Cc2ccc(O)cc2)C(=O)N[C@@H](CCCNC(=N)N)C(=O)N[C@H](C(=O)NCC(N)=O)CSCC(=O)N[C@@H](Cc2ccccc2)C(=O)N(C)[C@@H](Cc2ccccc2)C(=O)N1C. The predicted octanol–water partition coefficient (Wildman–Crippen LogP) is 0.544. The summed E-state index contributed by atoms with van der Waals surface area (Å²) < 4.78 is 0. The number of phenolic OH excluding ortho intramolecular Hbond substituents is 2. The van der Waals surface area contributed by atoms with Crippen LogP contribution in [0.3, 0.4) is 0 Å². The number of phenols is 2. The first kappa shape index (κ1) is 103. The summed E-state index contributed by atoms with van der Waals surface area (Å²) >= 11 is 0.792. The Morgan fingerprint density at radius 3 is 1.46 bits per heavy atom. The maximum absolute atomic E-state index is 15.5. The van der Waals surface area contributed by atoms with E-state index in [1.807, 2.05) is 6.92 Å². The van der Waals surface area contributed by atoms with Crippen LogP contribution in [0.1, 0.15) is 92.7 Å². The lowest BCUT2D eigenvalue weighted by Gasteiger charge is -2.37. The monoisotopic (exact) mass is 1840 g/mol.